The third-order valence-electron chi connectivity index (χ3n) is 3.07. The monoisotopic (exact) mass is 360 g/mol. The highest BCUT2D eigenvalue weighted by atomic mass is 79.9. The summed E-state index contributed by atoms with van der Waals surface area (Å²) in [6.07, 6.45) is 0. The van der Waals surface area contributed by atoms with Gasteiger partial charge in [-0.2, -0.15) is 0 Å². The summed E-state index contributed by atoms with van der Waals surface area (Å²) >= 11 is 15.8. The van der Waals surface area contributed by atoms with Gasteiger partial charge in [0, 0.05) is 10.0 Å². The molecule has 4 heteroatoms. The maximum atomic E-state index is 13.4. The van der Waals surface area contributed by atoms with Gasteiger partial charge < -0.3 is 0 Å². The molecule has 0 spiro atoms. The van der Waals surface area contributed by atoms with Gasteiger partial charge in [0.25, 0.3) is 0 Å². The molecule has 0 heterocycles. The van der Waals surface area contributed by atoms with Crippen LogP contribution in [0, 0.1) is 19.7 Å². The molecule has 0 N–H and O–H groups in total. The van der Waals surface area contributed by atoms with Crippen LogP contribution in [0.3, 0.4) is 0 Å². The molecule has 1 unspecified atom stereocenters. The van der Waals surface area contributed by atoms with Gasteiger partial charge in [-0.25, -0.2) is 4.39 Å². The Bertz CT molecular complexity index is 626. The van der Waals surface area contributed by atoms with Crippen molar-refractivity contribution < 1.29 is 4.39 Å². The van der Waals surface area contributed by atoms with Gasteiger partial charge in [-0.1, -0.05) is 51.3 Å². The first kappa shape index (κ1) is 14.8. The molecule has 0 bridgehead atoms. The van der Waals surface area contributed by atoms with Crippen LogP contribution < -0.4 is 0 Å². The summed E-state index contributed by atoms with van der Waals surface area (Å²) in [5, 5.41) is 1.07. The highest BCUT2D eigenvalue weighted by Crippen LogP contribution is 2.38. The van der Waals surface area contributed by atoms with Crippen LogP contribution in [0.15, 0.2) is 30.3 Å². The highest BCUT2D eigenvalue weighted by molar-refractivity contribution is 9.09. The van der Waals surface area contributed by atoms with E-state index in [1.54, 1.807) is 13.0 Å². The summed E-state index contributed by atoms with van der Waals surface area (Å²) in [6, 6.07) is 8.80. The predicted molar refractivity (Wildman–Crippen MR) is 83.1 cm³/mol. The van der Waals surface area contributed by atoms with E-state index in [1.807, 2.05) is 25.1 Å². The summed E-state index contributed by atoms with van der Waals surface area (Å²) < 4.78 is 13.4. The van der Waals surface area contributed by atoms with E-state index in [9.17, 15) is 4.39 Å². The molecule has 0 nitrogen and oxygen atoms in total. The molecule has 0 fully saturated rings. The standard InChI is InChI=1S/C15H12BrCl2F/c1-8-3-4-10(17)6-11(8)15(16)12-5-9(2)14(19)7-13(12)18/h3-7,15H,1-2H3. The smallest absolute Gasteiger partial charge is 0.127 e. The van der Waals surface area contributed by atoms with Crippen molar-refractivity contribution >= 4 is 39.1 Å². The third-order valence-corrected chi connectivity index (χ3v) is 4.61. The van der Waals surface area contributed by atoms with E-state index in [-0.39, 0.29) is 10.6 Å². The zero-order chi connectivity index (χ0) is 14.2. The van der Waals surface area contributed by atoms with Crippen LogP contribution >= 0.6 is 39.1 Å². The van der Waals surface area contributed by atoms with Crippen molar-refractivity contribution in [3.8, 4) is 0 Å². The molecular weight excluding hydrogens is 350 g/mol. The maximum Gasteiger partial charge on any atom is 0.127 e. The van der Waals surface area contributed by atoms with E-state index >= 15 is 0 Å². The van der Waals surface area contributed by atoms with Gasteiger partial charge in [-0.05, 0) is 54.3 Å². The van der Waals surface area contributed by atoms with Gasteiger partial charge in [0.1, 0.15) is 5.82 Å². The van der Waals surface area contributed by atoms with Crippen LogP contribution in [0.1, 0.15) is 27.1 Å². The average molecular weight is 362 g/mol. The van der Waals surface area contributed by atoms with E-state index in [0.717, 1.165) is 16.7 Å². The number of hydrogen-bond donors (Lipinski definition) is 0. The Morgan fingerprint density at radius 3 is 2.37 bits per heavy atom. The van der Waals surface area contributed by atoms with Crippen LogP contribution in [-0.2, 0) is 0 Å². The first-order chi connectivity index (χ1) is 8.90. The Balaban J connectivity index is 2.52. The SMILES string of the molecule is Cc1cc(C(Br)c2cc(Cl)ccc2C)c(Cl)cc1F. The normalized spacial score (nSPS) is 12.5. The molecule has 100 valence electrons. The minimum atomic E-state index is -0.295. The number of rotatable bonds is 2. The van der Waals surface area contributed by atoms with E-state index in [1.165, 1.54) is 6.07 Å². The molecule has 2 aromatic rings. The molecule has 0 aliphatic carbocycles. The van der Waals surface area contributed by atoms with Crippen LogP contribution in [0.5, 0.6) is 0 Å². The molecule has 0 radical (unpaired) electrons. The second-order valence-electron chi connectivity index (χ2n) is 4.49. The molecule has 19 heavy (non-hydrogen) atoms. The lowest BCUT2D eigenvalue weighted by molar-refractivity contribution is 0.618. The van der Waals surface area contributed by atoms with Crippen LogP contribution in [0.25, 0.3) is 0 Å². The Labute approximate surface area is 130 Å². The van der Waals surface area contributed by atoms with Crippen LogP contribution in [0.2, 0.25) is 10.0 Å². The number of alkyl halides is 1. The van der Waals surface area contributed by atoms with Crippen molar-refractivity contribution in [2.24, 2.45) is 0 Å². The van der Waals surface area contributed by atoms with E-state index in [0.29, 0.717) is 15.6 Å². The molecular formula is C15H12BrCl2F. The lowest BCUT2D eigenvalue weighted by Crippen LogP contribution is -1.99. The zero-order valence-corrected chi connectivity index (χ0v) is 13.6. The van der Waals surface area contributed by atoms with Gasteiger partial charge in [-0.15, -0.1) is 0 Å². The molecule has 0 aliphatic heterocycles. The fraction of sp³-hybridized carbons (Fsp3) is 0.200. The van der Waals surface area contributed by atoms with Crippen molar-refractivity contribution in [2.45, 2.75) is 18.7 Å². The summed E-state index contributed by atoms with van der Waals surface area (Å²) in [7, 11) is 0. The van der Waals surface area contributed by atoms with Gasteiger partial charge in [0.05, 0.1) is 4.83 Å². The zero-order valence-electron chi connectivity index (χ0n) is 10.5. The molecule has 0 saturated carbocycles. The fourth-order valence-electron chi connectivity index (χ4n) is 1.93. The van der Waals surface area contributed by atoms with Crippen molar-refractivity contribution in [1.29, 1.82) is 0 Å². The van der Waals surface area contributed by atoms with Crippen molar-refractivity contribution in [3.63, 3.8) is 0 Å². The van der Waals surface area contributed by atoms with E-state index in [2.05, 4.69) is 15.9 Å². The lowest BCUT2D eigenvalue weighted by atomic mass is 9.99. The Hall–Kier alpha value is -0.570. The summed E-state index contributed by atoms with van der Waals surface area (Å²) in [4.78, 5) is -0.113. The third kappa shape index (κ3) is 3.13. The molecule has 1 atom stereocenters. The average Bonchev–Trinajstić information content (AvgIpc) is 2.36. The highest BCUT2D eigenvalue weighted by Gasteiger charge is 2.17. The predicted octanol–water partition coefficient (Wildman–Crippen LogP) is 6.23. The van der Waals surface area contributed by atoms with Crippen molar-refractivity contribution in [3.05, 3.63) is 68.4 Å². The molecule has 0 aliphatic rings. The first-order valence-electron chi connectivity index (χ1n) is 5.76. The van der Waals surface area contributed by atoms with Crippen molar-refractivity contribution in [1.82, 2.24) is 0 Å². The van der Waals surface area contributed by atoms with Gasteiger partial charge in [-0.3, -0.25) is 0 Å². The molecule has 2 rings (SSSR count). The van der Waals surface area contributed by atoms with E-state index in [4.69, 9.17) is 23.2 Å². The van der Waals surface area contributed by atoms with Gasteiger partial charge in [0.2, 0.25) is 0 Å². The first-order valence-corrected chi connectivity index (χ1v) is 7.43. The minimum Gasteiger partial charge on any atom is -0.207 e. The van der Waals surface area contributed by atoms with Gasteiger partial charge in [0.15, 0.2) is 0 Å². The fourth-order valence-corrected chi connectivity index (χ4v) is 3.37. The molecule has 2 aromatic carbocycles. The number of hydrogen-bond acceptors (Lipinski definition) is 0. The Morgan fingerprint density at radius 2 is 1.68 bits per heavy atom. The maximum absolute atomic E-state index is 13.4. The summed E-state index contributed by atoms with van der Waals surface area (Å²) in [5.74, 6) is -0.295. The number of aryl methyl sites for hydroxylation is 2. The van der Waals surface area contributed by atoms with Crippen LogP contribution in [-0.4, -0.2) is 0 Å². The van der Waals surface area contributed by atoms with E-state index < -0.39 is 0 Å². The Kier molecular flexibility index (Phi) is 4.54. The topological polar surface area (TPSA) is 0 Å². The van der Waals surface area contributed by atoms with Crippen molar-refractivity contribution in [2.75, 3.05) is 0 Å². The largest absolute Gasteiger partial charge is 0.207 e. The number of halogens is 4. The summed E-state index contributed by atoms with van der Waals surface area (Å²) in [5.41, 5.74) is 3.54. The van der Waals surface area contributed by atoms with Gasteiger partial charge >= 0.3 is 0 Å². The molecule has 0 aromatic heterocycles. The summed E-state index contributed by atoms with van der Waals surface area (Å²) in [6.45, 7) is 3.73. The molecule has 0 amide bonds. The minimum absolute atomic E-state index is 0.113. The second-order valence-corrected chi connectivity index (χ2v) is 6.25. The lowest BCUT2D eigenvalue weighted by Gasteiger charge is -2.16. The quantitative estimate of drug-likeness (QED) is 0.556. The molecule has 0 saturated heterocycles. The number of benzene rings is 2. The Morgan fingerprint density at radius 1 is 1.00 bits per heavy atom. The second kappa shape index (κ2) is 5.82. The van der Waals surface area contributed by atoms with Crippen LogP contribution in [0.4, 0.5) is 4.39 Å².